The van der Waals surface area contributed by atoms with Crippen LogP contribution >= 0.6 is 0 Å². The first-order valence-electron chi connectivity index (χ1n) is 8.13. The smallest absolute Gasteiger partial charge is 0.259 e. The van der Waals surface area contributed by atoms with Gasteiger partial charge in [-0.25, -0.2) is 9.97 Å². The van der Waals surface area contributed by atoms with Crippen molar-refractivity contribution in [3.05, 3.63) is 42.0 Å². The van der Waals surface area contributed by atoms with E-state index in [1.54, 1.807) is 37.8 Å². The molecule has 126 valence electrons. The maximum Gasteiger partial charge on any atom is 0.259 e. The maximum atomic E-state index is 13.0. The number of pyridine rings is 1. The van der Waals surface area contributed by atoms with Crippen LogP contribution in [0.15, 0.2) is 30.7 Å². The van der Waals surface area contributed by atoms with Crippen molar-refractivity contribution < 1.29 is 9.53 Å². The Morgan fingerprint density at radius 3 is 3.12 bits per heavy atom. The van der Waals surface area contributed by atoms with E-state index in [0.29, 0.717) is 30.4 Å². The molecule has 3 heterocycles. The number of hydrogen-bond donors (Lipinski definition) is 1. The molecule has 2 aromatic heterocycles. The molecule has 0 aromatic carbocycles. The summed E-state index contributed by atoms with van der Waals surface area (Å²) in [4.78, 5) is 27.8. The van der Waals surface area contributed by atoms with Crippen molar-refractivity contribution in [2.24, 2.45) is 0 Å². The Balaban J connectivity index is 1.89. The number of likely N-dealkylation sites (tertiary alicyclic amines) is 1. The molecular formula is C17H21N5O2. The Morgan fingerprint density at radius 2 is 2.33 bits per heavy atom. The molecule has 7 nitrogen and oxygen atoms in total. The normalized spacial score (nSPS) is 16.9. The fourth-order valence-corrected chi connectivity index (χ4v) is 2.94. The number of nitrogens with zero attached hydrogens (tertiary/aromatic N) is 4. The predicted octanol–water partition coefficient (Wildman–Crippen LogP) is 2.29. The highest BCUT2D eigenvalue weighted by Crippen LogP contribution is 2.33. The number of amides is 1. The molecule has 1 aliphatic rings. The molecule has 1 fully saturated rings. The van der Waals surface area contributed by atoms with Gasteiger partial charge in [0.2, 0.25) is 5.88 Å². The van der Waals surface area contributed by atoms with Crippen LogP contribution < -0.4 is 10.1 Å². The lowest BCUT2D eigenvalue weighted by atomic mass is 10.1. The minimum atomic E-state index is -0.0780. The average molecular weight is 327 g/mol. The summed E-state index contributed by atoms with van der Waals surface area (Å²) in [5, 5.41) is 2.99. The van der Waals surface area contributed by atoms with E-state index in [1.807, 2.05) is 11.8 Å². The van der Waals surface area contributed by atoms with Gasteiger partial charge in [-0.1, -0.05) is 0 Å². The molecule has 0 spiro atoms. The second-order valence-corrected chi connectivity index (χ2v) is 5.52. The first-order valence-corrected chi connectivity index (χ1v) is 8.13. The molecule has 1 atom stereocenters. The van der Waals surface area contributed by atoms with Crippen molar-refractivity contribution in [1.82, 2.24) is 19.9 Å². The molecule has 2 aromatic rings. The van der Waals surface area contributed by atoms with Crippen LogP contribution in [0, 0.1) is 0 Å². The van der Waals surface area contributed by atoms with Gasteiger partial charge < -0.3 is 15.0 Å². The summed E-state index contributed by atoms with van der Waals surface area (Å²) in [6.45, 7) is 3.03. The second kappa shape index (κ2) is 7.25. The van der Waals surface area contributed by atoms with Gasteiger partial charge in [-0.15, -0.1) is 0 Å². The van der Waals surface area contributed by atoms with Crippen LogP contribution in [0.4, 0.5) is 5.82 Å². The monoisotopic (exact) mass is 327 g/mol. The molecular weight excluding hydrogens is 306 g/mol. The van der Waals surface area contributed by atoms with Crippen molar-refractivity contribution >= 4 is 11.7 Å². The van der Waals surface area contributed by atoms with Crippen molar-refractivity contribution in [3.63, 3.8) is 0 Å². The maximum absolute atomic E-state index is 13.0. The van der Waals surface area contributed by atoms with Crippen LogP contribution in [-0.2, 0) is 0 Å². The Labute approximate surface area is 141 Å². The van der Waals surface area contributed by atoms with Gasteiger partial charge in [-0.2, -0.15) is 0 Å². The fourth-order valence-electron chi connectivity index (χ4n) is 2.94. The van der Waals surface area contributed by atoms with Gasteiger partial charge in [0.25, 0.3) is 5.91 Å². The molecule has 1 aliphatic heterocycles. The molecule has 3 rings (SSSR count). The summed E-state index contributed by atoms with van der Waals surface area (Å²) in [5.74, 6) is 1.000. The van der Waals surface area contributed by atoms with Crippen LogP contribution in [-0.4, -0.2) is 46.0 Å². The minimum Gasteiger partial charge on any atom is -0.477 e. The van der Waals surface area contributed by atoms with Gasteiger partial charge in [0.1, 0.15) is 11.4 Å². The highest BCUT2D eigenvalue weighted by Gasteiger charge is 2.33. The molecule has 0 saturated carbocycles. The zero-order valence-corrected chi connectivity index (χ0v) is 13.9. The van der Waals surface area contributed by atoms with Crippen molar-refractivity contribution in [2.75, 3.05) is 25.5 Å². The van der Waals surface area contributed by atoms with E-state index in [0.717, 1.165) is 18.5 Å². The third-order valence-electron chi connectivity index (χ3n) is 4.05. The first kappa shape index (κ1) is 16.2. The minimum absolute atomic E-state index is 0.0759. The van der Waals surface area contributed by atoms with Gasteiger partial charge in [0.05, 0.1) is 30.7 Å². The average Bonchev–Trinajstić information content (AvgIpc) is 3.12. The quantitative estimate of drug-likeness (QED) is 0.907. The number of anilines is 1. The van der Waals surface area contributed by atoms with Crippen LogP contribution in [0.25, 0.3) is 0 Å². The van der Waals surface area contributed by atoms with E-state index in [1.165, 1.54) is 0 Å². The lowest BCUT2D eigenvalue weighted by Crippen LogP contribution is -2.31. The third kappa shape index (κ3) is 3.15. The van der Waals surface area contributed by atoms with Crippen LogP contribution in [0.2, 0.25) is 0 Å². The number of ether oxygens (including phenoxy) is 1. The number of carbonyl (C=O) groups excluding carboxylic acids is 1. The second-order valence-electron chi connectivity index (χ2n) is 5.52. The Morgan fingerprint density at radius 1 is 1.46 bits per heavy atom. The molecule has 7 heteroatoms. The summed E-state index contributed by atoms with van der Waals surface area (Å²) in [5.41, 5.74) is 1.29. The zero-order chi connectivity index (χ0) is 16.9. The van der Waals surface area contributed by atoms with Crippen molar-refractivity contribution in [2.45, 2.75) is 25.8 Å². The zero-order valence-electron chi connectivity index (χ0n) is 13.9. The summed E-state index contributed by atoms with van der Waals surface area (Å²) in [6.07, 6.45) is 6.83. The summed E-state index contributed by atoms with van der Waals surface area (Å²) in [7, 11) is 1.80. The van der Waals surface area contributed by atoms with Gasteiger partial charge in [-0.05, 0) is 31.9 Å². The standard InChI is InChI=1S/C17H21N5O2/c1-3-24-16-12(6-4-8-20-16)17(23)22-9-5-7-14(22)13-10-19-11-15(18-2)21-13/h4,6,8,10-11,14H,3,5,7,9H2,1-2H3,(H,18,21)/t14-/m1/s1. The van der Waals surface area contributed by atoms with E-state index in [9.17, 15) is 4.79 Å². The molecule has 0 radical (unpaired) electrons. The Bertz CT molecular complexity index is 722. The van der Waals surface area contributed by atoms with Gasteiger partial charge >= 0.3 is 0 Å². The molecule has 1 amide bonds. The third-order valence-corrected chi connectivity index (χ3v) is 4.05. The first-order chi connectivity index (χ1) is 11.7. The molecule has 0 bridgehead atoms. The number of nitrogens with one attached hydrogen (secondary N) is 1. The molecule has 24 heavy (non-hydrogen) atoms. The molecule has 1 N–H and O–H groups in total. The highest BCUT2D eigenvalue weighted by molar-refractivity contribution is 5.96. The van der Waals surface area contributed by atoms with Crippen molar-refractivity contribution in [1.29, 1.82) is 0 Å². The number of aromatic nitrogens is 3. The van der Waals surface area contributed by atoms with E-state index in [-0.39, 0.29) is 11.9 Å². The van der Waals surface area contributed by atoms with Gasteiger partial charge in [0, 0.05) is 19.8 Å². The number of carbonyl (C=O) groups is 1. The van der Waals surface area contributed by atoms with E-state index in [4.69, 9.17) is 4.74 Å². The van der Waals surface area contributed by atoms with Crippen LogP contribution in [0.3, 0.4) is 0 Å². The van der Waals surface area contributed by atoms with Gasteiger partial charge in [-0.3, -0.25) is 9.78 Å². The van der Waals surface area contributed by atoms with E-state index in [2.05, 4.69) is 20.3 Å². The lowest BCUT2D eigenvalue weighted by Gasteiger charge is -2.25. The number of hydrogen-bond acceptors (Lipinski definition) is 6. The topological polar surface area (TPSA) is 80.2 Å². The fraction of sp³-hybridized carbons (Fsp3) is 0.412. The van der Waals surface area contributed by atoms with E-state index < -0.39 is 0 Å². The molecule has 0 unspecified atom stereocenters. The summed E-state index contributed by atoms with van der Waals surface area (Å²) < 4.78 is 5.50. The highest BCUT2D eigenvalue weighted by atomic mass is 16.5. The largest absolute Gasteiger partial charge is 0.477 e. The number of rotatable bonds is 5. The van der Waals surface area contributed by atoms with Gasteiger partial charge in [0.15, 0.2) is 0 Å². The predicted molar refractivity (Wildman–Crippen MR) is 90.0 cm³/mol. The summed E-state index contributed by atoms with van der Waals surface area (Å²) >= 11 is 0. The Hall–Kier alpha value is -2.70. The molecule has 0 aliphatic carbocycles. The SMILES string of the molecule is CCOc1ncccc1C(=O)N1CCC[C@@H]1c1cncc(NC)n1. The molecule has 1 saturated heterocycles. The van der Waals surface area contributed by atoms with Crippen LogP contribution in [0.5, 0.6) is 5.88 Å². The summed E-state index contributed by atoms with van der Waals surface area (Å²) in [6, 6.07) is 3.43. The van der Waals surface area contributed by atoms with Crippen molar-refractivity contribution in [3.8, 4) is 5.88 Å². The lowest BCUT2D eigenvalue weighted by molar-refractivity contribution is 0.0727. The van der Waals surface area contributed by atoms with E-state index >= 15 is 0 Å². The Kier molecular flexibility index (Phi) is 4.88. The van der Waals surface area contributed by atoms with Crippen LogP contribution in [0.1, 0.15) is 41.9 Å².